The Labute approximate surface area is 178 Å². The van der Waals surface area contributed by atoms with Crippen LogP contribution in [-0.2, 0) is 12.8 Å². The van der Waals surface area contributed by atoms with Gasteiger partial charge in [-0.15, -0.1) is 0 Å². The Morgan fingerprint density at radius 2 is 1.87 bits per heavy atom. The summed E-state index contributed by atoms with van der Waals surface area (Å²) in [4.78, 5) is 7.31. The number of likely N-dealkylation sites (tertiary alicyclic amines) is 1. The molecule has 1 atom stereocenters. The van der Waals surface area contributed by atoms with E-state index in [0.29, 0.717) is 12.3 Å². The summed E-state index contributed by atoms with van der Waals surface area (Å²) in [6.45, 7) is 3.29. The molecule has 3 aromatic rings. The number of nitrogens with zero attached hydrogens (tertiary/aromatic N) is 2. The quantitative estimate of drug-likeness (QED) is 0.538. The molecule has 1 aromatic heterocycles. The smallest absolute Gasteiger partial charge is 0.123 e. The van der Waals surface area contributed by atoms with Gasteiger partial charge in [-0.25, -0.2) is 4.39 Å². The van der Waals surface area contributed by atoms with E-state index in [1.165, 1.54) is 30.2 Å². The molecule has 1 aliphatic heterocycles. The zero-order valence-electron chi connectivity index (χ0n) is 17.6. The van der Waals surface area contributed by atoms with E-state index in [-0.39, 0.29) is 5.82 Å². The topological polar surface area (TPSA) is 25.4 Å². The predicted molar refractivity (Wildman–Crippen MR) is 119 cm³/mol. The van der Waals surface area contributed by atoms with Gasteiger partial charge in [0.05, 0.1) is 7.11 Å². The highest BCUT2D eigenvalue weighted by Crippen LogP contribution is 2.26. The number of hydrogen-bond donors (Lipinski definition) is 0. The Bertz CT molecular complexity index is 940. The zero-order valence-corrected chi connectivity index (χ0v) is 17.6. The van der Waals surface area contributed by atoms with Crippen molar-refractivity contribution in [3.05, 3.63) is 95.1 Å². The van der Waals surface area contributed by atoms with Crippen molar-refractivity contribution in [1.29, 1.82) is 0 Å². The normalized spacial score (nSPS) is 17.1. The Balaban J connectivity index is 1.32. The van der Waals surface area contributed by atoms with Gasteiger partial charge in [-0.05, 0) is 79.3 Å². The molecule has 3 nitrogen and oxygen atoms in total. The molecule has 0 unspecified atom stereocenters. The van der Waals surface area contributed by atoms with Crippen molar-refractivity contribution in [2.24, 2.45) is 0 Å². The molecule has 156 valence electrons. The molecule has 0 spiro atoms. The van der Waals surface area contributed by atoms with Crippen LogP contribution >= 0.6 is 0 Å². The standard InChI is InChI=1S/C26H29FN2O/c1-30-25-10-7-20(8-11-25)13-15-29-14-3-5-23(19-29)26-12-9-22(18-28-26)16-21-4-2-6-24(27)17-21/h2,4,6-12,17-18,23H,3,5,13-16,19H2,1H3/t23-/m1/s1. The highest BCUT2D eigenvalue weighted by atomic mass is 19.1. The minimum Gasteiger partial charge on any atom is -0.497 e. The molecule has 2 heterocycles. The van der Waals surface area contributed by atoms with Crippen molar-refractivity contribution < 1.29 is 9.13 Å². The fraction of sp³-hybridized carbons (Fsp3) is 0.346. The zero-order chi connectivity index (χ0) is 20.8. The van der Waals surface area contributed by atoms with Crippen LogP contribution in [0.2, 0.25) is 0 Å². The number of benzene rings is 2. The summed E-state index contributed by atoms with van der Waals surface area (Å²) in [5, 5.41) is 0. The molecular formula is C26H29FN2O. The van der Waals surface area contributed by atoms with Gasteiger partial charge in [0, 0.05) is 30.9 Å². The predicted octanol–water partition coefficient (Wildman–Crippen LogP) is 5.24. The van der Waals surface area contributed by atoms with E-state index in [4.69, 9.17) is 9.72 Å². The van der Waals surface area contributed by atoms with Crippen LogP contribution in [0, 0.1) is 5.82 Å². The van der Waals surface area contributed by atoms with Crippen LogP contribution in [0.1, 0.15) is 41.1 Å². The van der Waals surface area contributed by atoms with E-state index in [9.17, 15) is 4.39 Å². The fourth-order valence-electron chi connectivity index (χ4n) is 4.24. The second-order valence-corrected chi connectivity index (χ2v) is 8.14. The second kappa shape index (κ2) is 9.86. The number of rotatable bonds is 7. The van der Waals surface area contributed by atoms with Crippen LogP contribution in [0.15, 0.2) is 66.9 Å². The molecule has 2 aromatic carbocycles. The molecule has 1 aliphatic rings. The van der Waals surface area contributed by atoms with Gasteiger partial charge in [0.2, 0.25) is 0 Å². The number of piperidine rings is 1. The van der Waals surface area contributed by atoms with Crippen molar-refractivity contribution in [2.75, 3.05) is 26.7 Å². The number of ether oxygens (including phenoxy) is 1. The molecule has 0 bridgehead atoms. The van der Waals surface area contributed by atoms with Crippen LogP contribution in [-0.4, -0.2) is 36.6 Å². The first-order valence-corrected chi connectivity index (χ1v) is 10.7. The summed E-state index contributed by atoms with van der Waals surface area (Å²) in [6, 6.07) is 19.5. The van der Waals surface area contributed by atoms with Crippen molar-refractivity contribution >= 4 is 0 Å². The number of methoxy groups -OCH3 is 1. The van der Waals surface area contributed by atoms with Gasteiger partial charge in [0.15, 0.2) is 0 Å². The molecular weight excluding hydrogens is 375 g/mol. The molecule has 30 heavy (non-hydrogen) atoms. The lowest BCUT2D eigenvalue weighted by Gasteiger charge is -2.32. The monoisotopic (exact) mass is 404 g/mol. The van der Waals surface area contributed by atoms with Crippen molar-refractivity contribution in [1.82, 2.24) is 9.88 Å². The molecule has 0 saturated carbocycles. The first kappa shape index (κ1) is 20.5. The average molecular weight is 405 g/mol. The lowest BCUT2D eigenvalue weighted by atomic mass is 9.93. The van der Waals surface area contributed by atoms with E-state index in [1.807, 2.05) is 24.4 Å². The van der Waals surface area contributed by atoms with Crippen LogP contribution in [0.5, 0.6) is 5.75 Å². The summed E-state index contributed by atoms with van der Waals surface area (Å²) in [6.07, 6.45) is 6.12. The summed E-state index contributed by atoms with van der Waals surface area (Å²) in [5.41, 5.74) is 4.62. The summed E-state index contributed by atoms with van der Waals surface area (Å²) >= 11 is 0. The first-order chi connectivity index (χ1) is 14.7. The van der Waals surface area contributed by atoms with Crippen molar-refractivity contribution in [3.63, 3.8) is 0 Å². The minimum atomic E-state index is -0.186. The van der Waals surface area contributed by atoms with Gasteiger partial charge >= 0.3 is 0 Å². The Morgan fingerprint density at radius 3 is 2.60 bits per heavy atom. The van der Waals surface area contributed by atoms with E-state index >= 15 is 0 Å². The van der Waals surface area contributed by atoms with E-state index in [0.717, 1.165) is 42.9 Å². The van der Waals surface area contributed by atoms with Gasteiger partial charge in [-0.2, -0.15) is 0 Å². The largest absolute Gasteiger partial charge is 0.497 e. The summed E-state index contributed by atoms with van der Waals surface area (Å²) in [5.74, 6) is 1.20. The molecule has 0 amide bonds. The number of hydrogen-bond acceptors (Lipinski definition) is 3. The highest BCUT2D eigenvalue weighted by Gasteiger charge is 2.22. The SMILES string of the molecule is COc1ccc(CCN2CCC[C@@H](c3ccc(Cc4cccc(F)c4)cn3)C2)cc1. The lowest BCUT2D eigenvalue weighted by molar-refractivity contribution is 0.208. The number of aromatic nitrogens is 1. The van der Waals surface area contributed by atoms with Crippen LogP contribution in [0.4, 0.5) is 4.39 Å². The minimum absolute atomic E-state index is 0.186. The molecule has 4 heteroatoms. The Morgan fingerprint density at radius 1 is 1.03 bits per heavy atom. The van der Waals surface area contributed by atoms with Crippen molar-refractivity contribution in [3.8, 4) is 5.75 Å². The maximum Gasteiger partial charge on any atom is 0.123 e. The molecule has 1 saturated heterocycles. The number of pyridine rings is 1. The van der Waals surface area contributed by atoms with Gasteiger partial charge in [-0.1, -0.05) is 30.3 Å². The van der Waals surface area contributed by atoms with Crippen molar-refractivity contribution in [2.45, 2.75) is 31.6 Å². The maximum absolute atomic E-state index is 13.4. The fourth-order valence-corrected chi connectivity index (χ4v) is 4.24. The summed E-state index contributed by atoms with van der Waals surface area (Å²) in [7, 11) is 1.70. The molecule has 0 aliphatic carbocycles. The van der Waals surface area contributed by atoms with E-state index in [2.05, 4.69) is 29.2 Å². The van der Waals surface area contributed by atoms with Crippen LogP contribution < -0.4 is 4.74 Å². The third kappa shape index (κ3) is 5.45. The van der Waals surface area contributed by atoms with Crippen LogP contribution in [0.25, 0.3) is 0 Å². The van der Waals surface area contributed by atoms with Gasteiger partial charge in [0.25, 0.3) is 0 Å². The Hall–Kier alpha value is -2.72. The maximum atomic E-state index is 13.4. The van der Waals surface area contributed by atoms with E-state index in [1.54, 1.807) is 19.2 Å². The third-order valence-corrected chi connectivity index (χ3v) is 5.94. The average Bonchev–Trinajstić information content (AvgIpc) is 2.79. The molecule has 0 N–H and O–H groups in total. The molecule has 4 rings (SSSR count). The van der Waals surface area contributed by atoms with Gasteiger partial charge in [0.1, 0.15) is 11.6 Å². The van der Waals surface area contributed by atoms with Gasteiger partial charge in [-0.3, -0.25) is 4.98 Å². The highest BCUT2D eigenvalue weighted by molar-refractivity contribution is 5.28. The molecule has 0 radical (unpaired) electrons. The second-order valence-electron chi connectivity index (χ2n) is 8.14. The molecule has 1 fully saturated rings. The van der Waals surface area contributed by atoms with Gasteiger partial charge < -0.3 is 9.64 Å². The van der Waals surface area contributed by atoms with E-state index < -0.39 is 0 Å². The Kier molecular flexibility index (Phi) is 6.75. The third-order valence-electron chi connectivity index (χ3n) is 5.94. The summed E-state index contributed by atoms with van der Waals surface area (Å²) < 4.78 is 18.6. The number of halogens is 1. The first-order valence-electron chi connectivity index (χ1n) is 10.7. The lowest BCUT2D eigenvalue weighted by Crippen LogP contribution is -2.36. The van der Waals surface area contributed by atoms with Crippen LogP contribution in [0.3, 0.4) is 0 Å².